The highest BCUT2D eigenvalue weighted by Gasteiger charge is 2.09. The zero-order valence-corrected chi connectivity index (χ0v) is 12.8. The maximum atomic E-state index is 11.8. The van der Waals surface area contributed by atoms with Crippen LogP contribution in [0.2, 0.25) is 0 Å². The van der Waals surface area contributed by atoms with Crippen molar-refractivity contribution in [3.63, 3.8) is 0 Å². The lowest BCUT2D eigenvalue weighted by atomic mass is 10.3. The Morgan fingerprint density at radius 3 is 2.52 bits per heavy atom. The lowest BCUT2D eigenvalue weighted by molar-refractivity contribution is -0.121. The molecular weight excluding hydrogens is 270 g/mol. The molecule has 116 valence electrons. The number of carbonyl (C=O) groups is 2. The van der Waals surface area contributed by atoms with Gasteiger partial charge in [0.15, 0.2) is 0 Å². The quantitative estimate of drug-likeness (QED) is 0.663. The van der Waals surface area contributed by atoms with Gasteiger partial charge in [0.1, 0.15) is 11.5 Å². The van der Waals surface area contributed by atoms with Gasteiger partial charge in [-0.1, -0.05) is 6.92 Å². The zero-order valence-electron chi connectivity index (χ0n) is 12.8. The molecule has 0 aliphatic heterocycles. The van der Waals surface area contributed by atoms with E-state index in [0.29, 0.717) is 5.82 Å². The van der Waals surface area contributed by atoms with Crippen molar-refractivity contribution in [3.8, 4) is 0 Å². The third-order valence-corrected chi connectivity index (χ3v) is 2.53. The first-order chi connectivity index (χ1) is 10.0. The monoisotopic (exact) mass is 293 g/mol. The summed E-state index contributed by atoms with van der Waals surface area (Å²) in [5.74, 6) is 0.224. The fourth-order valence-electron chi connectivity index (χ4n) is 1.56. The van der Waals surface area contributed by atoms with Gasteiger partial charge < -0.3 is 16.0 Å². The molecule has 0 radical (unpaired) electrons. The second-order valence-electron chi connectivity index (χ2n) is 4.94. The molecule has 0 atom stereocenters. The number of hydrogen-bond donors (Lipinski definition) is 3. The van der Waals surface area contributed by atoms with E-state index in [4.69, 9.17) is 0 Å². The van der Waals surface area contributed by atoms with E-state index in [-0.39, 0.29) is 36.5 Å². The molecule has 0 fully saturated rings. The second-order valence-corrected chi connectivity index (χ2v) is 4.94. The summed E-state index contributed by atoms with van der Waals surface area (Å²) >= 11 is 0. The number of aromatic nitrogens is 2. The van der Waals surface area contributed by atoms with Crippen LogP contribution in [0, 0.1) is 0 Å². The molecule has 0 aliphatic carbocycles. The molecule has 7 heteroatoms. The summed E-state index contributed by atoms with van der Waals surface area (Å²) in [7, 11) is 0. The van der Waals surface area contributed by atoms with Crippen molar-refractivity contribution in [1.82, 2.24) is 20.6 Å². The molecule has 0 spiro atoms. The van der Waals surface area contributed by atoms with E-state index in [9.17, 15) is 9.59 Å². The van der Waals surface area contributed by atoms with Crippen LogP contribution in [0.5, 0.6) is 0 Å². The first-order valence-electron chi connectivity index (χ1n) is 7.16. The molecule has 1 heterocycles. The van der Waals surface area contributed by atoms with E-state index in [1.54, 1.807) is 0 Å². The Kier molecular flexibility index (Phi) is 7.14. The van der Waals surface area contributed by atoms with Crippen LogP contribution in [-0.2, 0) is 4.79 Å². The molecular formula is C14H23N5O2. The molecule has 0 saturated carbocycles. The van der Waals surface area contributed by atoms with Crippen LogP contribution in [0.25, 0.3) is 0 Å². The Labute approximate surface area is 124 Å². The lowest BCUT2D eigenvalue weighted by Gasteiger charge is -2.09. The minimum absolute atomic E-state index is 0.0875. The fourth-order valence-corrected chi connectivity index (χ4v) is 1.56. The van der Waals surface area contributed by atoms with E-state index < -0.39 is 0 Å². The Morgan fingerprint density at radius 1 is 1.19 bits per heavy atom. The van der Waals surface area contributed by atoms with Crippen molar-refractivity contribution in [2.24, 2.45) is 0 Å². The molecule has 1 aromatic heterocycles. The number of amides is 2. The molecule has 2 amide bonds. The lowest BCUT2D eigenvalue weighted by Crippen LogP contribution is -2.34. The molecule has 3 N–H and O–H groups in total. The number of nitrogens with zero attached hydrogens (tertiary/aromatic N) is 2. The van der Waals surface area contributed by atoms with Gasteiger partial charge in [-0.25, -0.2) is 9.97 Å². The maximum Gasteiger partial charge on any atom is 0.271 e. The van der Waals surface area contributed by atoms with Crippen molar-refractivity contribution in [3.05, 3.63) is 18.1 Å². The Bertz CT molecular complexity index is 459. The summed E-state index contributed by atoms with van der Waals surface area (Å²) in [5, 5.41) is 8.48. The van der Waals surface area contributed by atoms with E-state index >= 15 is 0 Å². The highest BCUT2D eigenvalue weighted by molar-refractivity contribution is 5.92. The summed E-state index contributed by atoms with van der Waals surface area (Å²) < 4.78 is 0. The summed E-state index contributed by atoms with van der Waals surface area (Å²) in [6.07, 6.45) is 4.17. The van der Waals surface area contributed by atoms with Crippen LogP contribution in [0.4, 0.5) is 5.82 Å². The zero-order chi connectivity index (χ0) is 15.7. The highest BCUT2D eigenvalue weighted by atomic mass is 16.2. The van der Waals surface area contributed by atoms with Crippen LogP contribution in [0.3, 0.4) is 0 Å². The first-order valence-corrected chi connectivity index (χ1v) is 7.16. The van der Waals surface area contributed by atoms with Gasteiger partial charge in [-0.15, -0.1) is 0 Å². The van der Waals surface area contributed by atoms with E-state index in [0.717, 1.165) is 13.0 Å². The van der Waals surface area contributed by atoms with Gasteiger partial charge in [-0.05, 0) is 20.3 Å². The predicted molar refractivity (Wildman–Crippen MR) is 81.0 cm³/mol. The van der Waals surface area contributed by atoms with Gasteiger partial charge in [-0.2, -0.15) is 0 Å². The average molecular weight is 293 g/mol. The summed E-state index contributed by atoms with van der Waals surface area (Å²) in [6.45, 7) is 6.91. The number of nitrogens with one attached hydrogen (secondary N) is 3. The van der Waals surface area contributed by atoms with Crippen molar-refractivity contribution >= 4 is 17.6 Å². The molecule has 7 nitrogen and oxygen atoms in total. The number of hydrogen-bond acceptors (Lipinski definition) is 5. The molecule has 0 bridgehead atoms. The average Bonchev–Trinajstić information content (AvgIpc) is 2.44. The van der Waals surface area contributed by atoms with Gasteiger partial charge in [-0.3, -0.25) is 9.59 Å². The van der Waals surface area contributed by atoms with Crippen molar-refractivity contribution in [2.75, 3.05) is 18.4 Å². The van der Waals surface area contributed by atoms with Crippen LogP contribution in [-0.4, -0.2) is 40.9 Å². The third kappa shape index (κ3) is 6.69. The molecule has 1 rings (SSSR count). The van der Waals surface area contributed by atoms with Crippen LogP contribution in [0.1, 0.15) is 44.1 Å². The highest BCUT2D eigenvalue weighted by Crippen LogP contribution is 2.01. The molecule has 0 saturated heterocycles. The number of anilines is 1. The van der Waals surface area contributed by atoms with Crippen LogP contribution < -0.4 is 16.0 Å². The standard InChI is InChI=1S/C14H23N5O2/c1-4-6-15-12-9-17-11(8-18-12)14(21)16-7-5-13(20)19-10(2)3/h8-10H,4-7H2,1-3H3,(H,15,18)(H,16,21)(H,19,20). The smallest absolute Gasteiger partial charge is 0.271 e. The van der Waals surface area contributed by atoms with Gasteiger partial charge in [0.25, 0.3) is 5.91 Å². The minimum atomic E-state index is -0.332. The summed E-state index contributed by atoms with van der Waals surface area (Å²) in [4.78, 5) is 31.4. The SMILES string of the molecule is CCCNc1cnc(C(=O)NCCC(=O)NC(C)C)cn1. The van der Waals surface area contributed by atoms with Crippen LogP contribution >= 0.6 is 0 Å². The van der Waals surface area contributed by atoms with Gasteiger partial charge >= 0.3 is 0 Å². The Morgan fingerprint density at radius 2 is 1.95 bits per heavy atom. The fraction of sp³-hybridized carbons (Fsp3) is 0.571. The molecule has 21 heavy (non-hydrogen) atoms. The second kappa shape index (κ2) is 8.89. The molecule has 0 aromatic carbocycles. The summed E-state index contributed by atoms with van der Waals surface area (Å²) in [6, 6.07) is 0.0993. The predicted octanol–water partition coefficient (Wildman–Crippen LogP) is 0.943. The van der Waals surface area contributed by atoms with E-state index in [1.165, 1.54) is 12.4 Å². The number of carbonyl (C=O) groups excluding carboxylic acids is 2. The molecule has 0 aliphatic rings. The van der Waals surface area contributed by atoms with E-state index in [1.807, 2.05) is 13.8 Å². The summed E-state index contributed by atoms with van der Waals surface area (Å²) in [5.41, 5.74) is 0.237. The van der Waals surface area contributed by atoms with Gasteiger partial charge in [0.05, 0.1) is 12.4 Å². The van der Waals surface area contributed by atoms with Gasteiger partial charge in [0.2, 0.25) is 5.91 Å². The van der Waals surface area contributed by atoms with Crippen molar-refractivity contribution in [2.45, 2.75) is 39.7 Å². The van der Waals surface area contributed by atoms with Crippen molar-refractivity contribution < 1.29 is 9.59 Å². The topological polar surface area (TPSA) is 96.0 Å². The Hall–Kier alpha value is -2.18. The molecule has 0 unspecified atom stereocenters. The van der Waals surface area contributed by atoms with E-state index in [2.05, 4.69) is 32.8 Å². The minimum Gasteiger partial charge on any atom is -0.369 e. The first kappa shape index (κ1) is 16.9. The maximum absolute atomic E-state index is 11.8. The Balaban J connectivity index is 2.36. The van der Waals surface area contributed by atoms with Crippen molar-refractivity contribution in [1.29, 1.82) is 0 Å². The molecule has 1 aromatic rings. The number of rotatable bonds is 8. The normalized spacial score (nSPS) is 10.3. The van der Waals surface area contributed by atoms with Gasteiger partial charge in [0, 0.05) is 25.6 Å². The van der Waals surface area contributed by atoms with Crippen LogP contribution in [0.15, 0.2) is 12.4 Å². The largest absolute Gasteiger partial charge is 0.369 e. The third-order valence-electron chi connectivity index (χ3n) is 2.53.